The van der Waals surface area contributed by atoms with Crippen molar-refractivity contribution in [3.63, 3.8) is 0 Å². The maximum Gasteiger partial charge on any atom is 0.175 e. The third-order valence-corrected chi connectivity index (χ3v) is 6.63. The fourth-order valence-electron chi connectivity index (χ4n) is 2.76. The number of nitrogens with zero attached hydrogens (tertiary/aromatic N) is 3. The van der Waals surface area contributed by atoms with Gasteiger partial charge in [0.2, 0.25) is 0 Å². The Morgan fingerprint density at radius 1 is 1.03 bits per heavy atom. The number of sulfone groups is 1. The van der Waals surface area contributed by atoms with Crippen molar-refractivity contribution in [2.24, 2.45) is 0 Å². The molecule has 0 atom stereocenters. The topological polar surface area (TPSA) is 64.8 Å². The van der Waals surface area contributed by atoms with Crippen LogP contribution in [0.1, 0.15) is 0 Å². The normalized spacial score (nSPS) is 11.6. The first kappa shape index (κ1) is 20.6. The van der Waals surface area contributed by atoms with Crippen molar-refractivity contribution in [3.05, 3.63) is 83.9 Å². The molecule has 0 N–H and O–H groups in total. The Morgan fingerprint density at radius 2 is 1.73 bits per heavy atom. The van der Waals surface area contributed by atoms with E-state index in [1.165, 1.54) is 34.8 Å². The Hall–Kier alpha value is -2.68. The van der Waals surface area contributed by atoms with E-state index < -0.39 is 15.7 Å². The molecule has 2 aromatic carbocycles. The molecule has 4 aromatic rings. The summed E-state index contributed by atoms with van der Waals surface area (Å²) in [6.07, 6.45) is 4.30. The minimum Gasteiger partial charge on any atom is -0.237 e. The molecule has 4 rings (SSSR count). The van der Waals surface area contributed by atoms with E-state index in [9.17, 15) is 12.8 Å². The second-order valence-electron chi connectivity index (χ2n) is 6.47. The number of rotatable bonds is 5. The summed E-state index contributed by atoms with van der Waals surface area (Å²) in [4.78, 5) is 6.15. The standard InChI is InChI=1S/C21H15ClFN3O2S2/c1-30(27,28)18-8-2-14(3-9-18)21-19(29-17-6-4-15(22)5-7-17)13-26(25-21)20-12-16(23)10-11-24-20/h2-13H,1H3. The van der Waals surface area contributed by atoms with Crippen LogP contribution in [0.2, 0.25) is 5.02 Å². The predicted molar refractivity (Wildman–Crippen MR) is 115 cm³/mol. The molecule has 5 nitrogen and oxygen atoms in total. The highest BCUT2D eigenvalue weighted by atomic mass is 35.5. The highest BCUT2D eigenvalue weighted by Crippen LogP contribution is 2.36. The molecule has 2 aromatic heterocycles. The zero-order chi connectivity index (χ0) is 21.3. The van der Waals surface area contributed by atoms with E-state index in [0.29, 0.717) is 16.5 Å². The van der Waals surface area contributed by atoms with Gasteiger partial charge in [0.15, 0.2) is 15.7 Å². The van der Waals surface area contributed by atoms with Gasteiger partial charge in [0.1, 0.15) is 11.5 Å². The summed E-state index contributed by atoms with van der Waals surface area (Å²) < 4.78 is 38.7. The molecule has 0 saturated heterocycles. The minimum atomic E-state index is -3.30. The quantitative estimate of drug-likeness (QED) is 0.406. The Kier molecular flexibility index (Phi) is 5.64. The van der Waals surface area contributed by atoms with E-state index in [1.807, 2.05) is 12.1 Å². The van der Waals surface area contributed by atoms with Gasteiger partial charge in [-0.05, 0) is 42.5 Å². The Morgan fingerprint density at radius 3 is 2.37 bits per heavy atom. The molecule has 9 heteroatoms. The molecule has 0 aliphatic rings. The third-order valence-electron chi connectivity index (χ3n) is 4.22. The van der Waals surface area contributed by atoms with Crippen LogP contribution < -0.4 is 0 Å². The summed E-state index contributed by atoms with van der Waals surface area (Å²) in [5, 5.41) is 5.22. The van der Waals surface area contributed by atoms with Gasteiger partial charge in [-0.1, -0.05) is 35.5 Å². The van der Waals surface area contributed by atoms with E-state index in [4.69, 9.17) is 11.6 Å². The van der Waals surface area contributed by atoms with E-state index in [0.717, 1.165) is 21.6 Å². The van der Waals surface area contributed by atoms with Crippen molar-refractivity contribution in [2.45, 2.75) is 14.7 Å². The van der Waals surface area contributed by atoms with Gasteiger partial charge in [-0.3, -0.25) is 0 Å². The summed E-state index contributed by atoms with van der Waals surface area (Å²) in [7, 11) is -3.30. The average Bonchev–Trinajstić information content (AvgIpc) is 3.13. The Balaban J connectivity index is 1.79. The first-order chi connectivity index (χ1) is 14.3. The van der Waals surface area contributed by atoms with Gasteiger partial charge in [0, 0.05) is 40.2 Å². The summed E-state index contributed by atoms with van der Waals surface area (Å²) in [5.74, 6) is -0.0755. The lowest BCUT2D eigenvalue weighted by atomic mass is 10.2. The van der Waals surface area contributed by atoms with Gasteiger partial charge in [0.25, 0.3) is 0 Å². The van der Waals surface area contributed by atoms with Crippen molar-refractivity contribution in [1.29, 1.82) is 0 Å². The van der Waals surface area contributed by atoms with Crippen LogP contribution >= 0.6 is 23.4 Å². The second-order valence-corrected chi connectivity index (χ2v) is 10.0. The highest BCUT2D eigenvalue weighted by molar-refractivity contribution is 7.99. The number of aromatic nitrogens is 3. The number of hydrogen-bond acceptors (Lipinski definition) is 5. The molecule has 0 aliphatic carbocycles. The molecule has 0 amide bonds. The van der Waals surface area contributed by atoms with Crippen LogP contribution in [0.4, 0.5) is 4.39 Å². The fraction of sp³-hybridized carbons (Fsp3) is 0.0476. The molecule has 0 spiro atoms. The van der Waals surface area contributed by atoms with Crippen LogP contribution in [0.5, 0.6) is 0 Å². The molecule has 0 saturated carbocycles. The molecular weight excluding hydrogens is 445 g/mol. The van der Waals surface area contributed by atoms with Crippen molar-refractivity contribution < 1.29 is 12.8 Å². The maximum atomic E-state index is 13.7. The number of benzene rings is 2. The van der Waals surface area contributed by atoms with Crippen molar-refractivity contribution >= 4 is 33.2 Å². The molecule has 0 aliphatic heterocycles. The lowest BCUT2D eigenvalue weighted by Gasteiger charge is -2.04. The number of hydrogen-bond donors (Lipinski definition) is 0. The monoisotopic (exact) mass is 459 g/mol. The first-order valence-electron chi connectivity index (χ1n) is 8.75. The van der Waals surface area contributed by atoms with Crippen LogP contribution in [-0.2, 0) is 9.84 Å². The van der Waals surface area contributed by atoms with Crippen LogP contribution in [0.25, 0.3) is 17.1 Å². The van der Waals surface area contributed by atoms with E-state index in [-0.39, 0.29) is 4.90 Å². The zero-order valence-corrected chi connectivity index (χ0v) is 18.0. The summed E-state index contributed by atoms with van der Waals surface area (Å²) in [5.41, 5.74) is 1.36. The van der Waals surface area contributed by atoms with E-state index in [1.54, 1.807) is 42.6 Å². The zero-order valence-electron chi connectivity index (χ0n) is 15.7. The lowest BCUT2D eigenvalue weighted by Crippen LogP contribution is -1.99. The van der Waals surface area contributed by atoms with Gasteiger partial charge in [0.05, 0.1) is 9.79 Å². The van der Waals surface area contributed by atoms with Crippen molar-refractivity contribution in [2.75, 3.05) is 6.26 Å². The van der Waals surface area contributed by atoms with E-state index >= 15 is 0 Å². The number of halogens is 2. The minimum absolute atomic E-state index is 0.226. The van der Waals surface area contributed by atoms with Crippen molar-refractivity contribution in [1.82, 2.24) is 14.8 Å². The molecule has 0 unspecified atom stereocenters. The van der Waals surface area contributed by atoms with Crippen LogP contribution in [-0.4, -0.2) is 29.4 Å². The fourth-order valence-corrected chi connectivity index (χ4v) is 4.45. The lowest BCUT2D eigenvalue weighted by molar-refractivity contribution is 0.602. The molecule has 2 heterocycles. The van der Waals surface area contributed by atoms with Gasteiger partial charge >= 0.3 is 0 Å². The highest BCUT2D eigenvalue weighted by Gasteiger charge is 2.16. The maximum absolute atomic E-state index is 13.7. The molecule has 0 fully saturated rings. The van der Waals surface area contributed by atoms with Crippen molar-refractivity contribution in [3.8, 4) is 17.1 Å². The second kappa shape index (κ2) is 8.22. The molecule has 0 bridgehead atoms. The van der Waals surface area contributed by atoms with Gasteiger partial charge < -0.3 is 0 Å². The molecule has 0 radical (unpaired) electrons. The van der Waals surface area contributed by atoms with E-state index in [2.05, 4.69) is 10.1 Å². The van der Waals surface area contributed by atoms with Gasteiger partial charge in [-0.25, -0.2) is 22.5 Å². The first-order valence-corrected chi connectivity index (χ1v) is 11.8. The molecule has 30 heavy (non-hydrogen) atoms. The Labute approximate surface area is 182 Å². The number of pyridine rings is 1. The molecular formula is C21H15ClFN3O2S2. The van der Waals surface area contributed by atoms with Crippen LogP contribution in [0.3, 0.4) is 0 Å². The smallest absolute Gasteiger partial charge is 0.175 e. The largest absolute Gasteiger partial charge is 0.237 e. The Bertz CT molecular complexity index is 1310. The third kappa shape index (κ3) is 4.56. The SMILES string of the molecule is CS(=O)(=O)c1ccc(-c2nn(-c3cc(F)ccn3)cc2Sc2ccc(Cl)cc2)cc1. The van der Waals surface area contributed by atoms with Gasteiger partial charge in [-0.2, -0.15) is 5.10 Å². The average molecular weight is 460 g/mol. The van der Waals surface area contributed by atoms with Crippen LogP contribution in [0, 0.1) is 5.82 Å². The summed E-state index contributed by atoms with van der Waals surface area (Å²) >= 11 is 7.44. The predicted octanol–water partition coefficient (Wildman–Crippen LogP) is 5.28. The van der Waals surface area contributed by atoms with Gasteiger partial charge in [-0.15, -0.1) is 0 Å². The summed E-state index contributed by atoms with van der Waals surface area (Å²) in [6, 6.07) is 16.4. The molecule has 152 valence electrons. The van der Waals surface area contributed by atoms with Crippen LogP contribution in [0.15, 0.2) is 87.7 Å². The summed E-state index contributed by atoms with van der Waals surface area (Å²) in [6.45, 7) is 0.